The van der Waals surface area contributed by atoms with Crippen LogP contribution < -0.4 is 10.7 Å². The van der Waals surface area contributed by atoms with Crippen LogP contribution in [-0.2, 0) is 16.1 Å². The number of halogens is 1. The molecular weight excluding hydrogens is 342 g/mol. The van der Waals surface area contributed by atoms with E-state index in [0.717, 1.165) is 11.1 Å². The predicted molar refractivity (Wildman–Crippen MR) is 100.0 cm³/mol. The average molecular weight is 362 g/mol. The maximum Gasteiger partial charge on any atom is 0.303 e. The molecule has 0 bridgehead atoms. The minimum atomic E-state index is -0.988. The van der Waals surface area contributed by atoms with E-state index in [2.05, 4.69) is 5.10 Å². The monoisotopic (exact) mass is 361 g/mol. The maximum atomic E-state index is 12.5. The zero-order valence-corrected chi connectivity index (χ0v) is 14.4. The van der Waals surface area contributed by atoms with Crippen molar-refractivity contribution in [2.45, 2.75) is 19.4 Å². The summed E-state index contributed by atoms with van der Waals surface area (Å²) in [5.74, 6) is 3.90. The third kappa shape index (κ3) is 6.27. The molecule has 0 aliphatic heterocycles. The Balaban J connectivity index is 0.00000312. The van der Waals surface area contributed by atoms with E-state index >= 15 is 0 Å². The number of hydrogen-bond donors (Lipinski definition) is 2. The fourth-order valence-electron chi connectivity index (χ4n) is 2.26. The first-order valence-corrected chi connectivity index (χ1v) is 7.49. The van der Waals surface area contributed by atoms with Crippen LogP contribution in [0.2, 0.25) is 0 Å². The zero-order chi connectivity index (χ0) is 17.4. The third-order valence-electron chi connectivity index (χ3n) is 3.47. The highest BCUT2D eigenvalue weighted by atomic mass is 35.5. The maximum absolute atomic E-state index is 12.5. The van der Waals surface area contributed by atoms with Gasteiger partial charge in [0.15, 0.2) is 0 Å². The highest BCUT2D eigenvalue weighted by molar-refractivity contribution is 5.95. The molecule has 3 N–H and O–H groups in total. The van der Waals surface area contributed by atoms with Gasteiger partial charge in [-0.3, -0.25) is 9.59 Å². The molecule has 0 aliphatic rings. The Labute approximate surface area is 152 Å². The summed E-state index contributed by atoms with van der Waals surface area (Å²) < 4.78 is 0. The molecule has 0 aromatic heterocycles. The lowest BCUT2D eigenvalue weighted by Crippen LogP contribution is -2.30. The molecule has 6 nitrogen and oxygen atoms in total. The van der Waals surface area contributed by atoms with Crippen LogP contribution in [0.1, 0.15) is 24.0 Å². The topological polar surface area (TPSA) is 96.0 Å². The van der Waals surface area contributed by atoms with Crippen molar-refractivity contribution in [2.75, 3.05) is 4.90 Å². The van der Waals surface area contributed by atoms with Gasteiger partial charge in [-0.05, 0) is 23.3 Å². The summed E-state index contributed by atoms with van der Waals surface area (Å²) in [7, 11) is 0. The third-order valence-corrected chi connectivity index (χ3v) is 3.47. The second-order valence-electron chi connectivity index (χ2n) is 5.23. The van der Waals surface area contributed by atoms with Gasteiger partial charge < -0.3 is 15.8 Å². The predicted octanol–water partition coefficient (Wildman–Crippen LogP) is 2.80. The Morgan fingerprint density at radius 1 is 1.04 bits per heavy atom. The number of hydrazone groups is 1. The number of carbonyl (C=O) groups is 2. The number of aliphatic carboxylic acids is 1. The highest BCUT2D eigenvalue weighted by Gasteiger charge is 2.17. The quantitative estimate of drug-likeness (QED) is 0.450. The Kier molecular flexibility index (Phi) is 8.15. The summed E-state index contributed by atoms with van der Waals surface area (Å²) in [4.78, 5) is 24.8. The summed E-state index contributed by atoms with van der Waals surface area (Å²) >= 11 is 0. The molecule has 0 aliphatic carbocycles. The summed E-state index contributed by atoms with van der Waals surface area (Å²) in [6.45, 7) is 0.379. The van der Waals surface area contributed by atoms with Crippen molar-refractivity contribution in [3.05, 3.63) is 65.7 Å². The van der Waals surface area contributed by atoms with Gasteiger partial charge in [0, 0.05) is 12.1 Å². The number of benzene rings is 2. The molecular formula is C18H20ClN3O3. The number of carbonyl (C=O) groups excluding carboxylic acids is 1. The lowest BCUT2D eigenvalue weighted by atomic mass is 10.1. The van der Waals surface area contributed by atoms with Crippen molar-refractivity contribution in [1.82, 2.24) is 0 Å². The van der Waals surface area contributed by atoms with Gasteiger partial charge in [0.2, 0.25) is 5.91 Å². The van der Waals surface area contributed by atoms with E-state index in [1.807, 2.05) is 30.3 Å². The largest absolute Gasteiger partial charge is 0.481 e. The molecule has 0 radical (unpaired) electrons. The minimum absolute atomic E-state index is 0. The van der Waals surface area contributed by atoms with Crippen LogP contribution in [0.5, 0.6) is 0 Å². The zero-order valence-electron chi connectivity index (χ0n) is 13.5. The van der Waals surface area contributed by atoms with Gasteiger partial charge in [-0.1, -0.05) is 42.5 Å². The number of nitrogens with zero attached hydrogens (tertiary/aromatic N) is 2. The lowest BCUT2D eigenvalue weighted by Gasteiger charge is -2.23. The van der Waals surface area contributed by atoms with E-state index in [1.54, 1.807) is 29.2 Å². The molecule has 25 heavy (non-hydrogen) atoms. The van der Waals surface area contributed by atoms with Crippen LogP contribution in [0.4, 0.5) is 5.69 Å². The molecule has 0 spiro atoms. The molecule has 2 aromatic rings. The van der Waals surface area contributed by atoms with Crippen molar-refractivity contribution in [3.8, 4) is 0 Å². The molecule has 0 saturated heterocycles. The van der Waals surface area contributed by atoms with Crippen LogP contribution in [0.3, 0.4) is 0 Å². The number of amides is 1. The van der Waals surface area contributed by atoms with E-state index in [9.17, 15) is 9.59 Å². The molecule has 0 saturated carbocycles. The van der Waals surface area contributed by atoms with E-state index in [0.29, 0.717) is 12.2 Å². The Morgan fingerprint density at radius 3 is 2.24 bits per heavy atom. The standard InChI is InChI=1S/C18H19N3O3.ClH/c19-20-12-14-6-8-16(9-7-14)21(17(22)10-11-18(23)24)13-15-4-2-1-3-5-15;/h1-9,12H,10-11,13,19H2,(H,23,24);1H. The summed E-state index contributed by atoms with van der Waals surface area (Å²) in [6, 6.07) is 16.7. The van der Waals surface area contributed by atoms with Crippen molar-refractivity contribution >= 4 is 36.2 Å². The lowest BCUT2D eigenvalue weighted by molar-refractivity contribution is -0.138. The van der Waals surface area contributed by atoms with Gasteiger partial charge in [-0.2, -0.15) is 5.10 Å². The van der Waals surface area contributed by atoms with Crippen molar-refractivity contribution in [2.24, 2.45) is 10.9 Å². The van der Waals surface area contributed by atoms with Gasteiger partial charge in [0.1, 0.15) is 0 Å². The van der Waals surface area contributed by atoms with Crippen molar-refractivity contribution in [1.29, 1.82) is 0 Å². The summed E-state index contributed by atoms with van der Waals surface area (Å²) in [5.41, 5.74) is 2.48. The van der Waals surface area contributed by atoms with Crippen LogP contribution >= 0.6 is 12.4 Å². The normalized spacial score (nSPS) is 10.2. The Morgan fingerprint density at radius 2 is 1.68 bits per heavy atom. The Bertz CT molecular complexity index is 718. The second-order valence-corrected chi connectivity index (χ2v) is 5.23. The SMILES string of the molecule is Cl.NN=Cc1ccc(N(Cc2ccccc2)C(=O)CCC(=O)O)cc1. The molecule has 2 aromatic carbocycles. The second kappa shape index (κ2) is 10.1. The molecule has 0 fully saturated rings. The van der Waals surface area contributed by atoms with Crippen molar-refractivity contribution < 1.29 is 14.7 Å². The van der Waals surface area contributed by atoms with Gasteiger partial charge in [-0.25, -0.2) is 0 Å². The molecule has 0 heterocycles. The van der Waals surface area contributed by atoms with Gasteiger partial charge in [0.05, 0.1) is 19.2 Å². The van der Waals surface area contributed by atoms with E-state index in [-0.39, 0.29) is 31.2 Å². The average Bonchev–Trinajstić information content (AvgIpc) is 2.59. The fourth-order valence-corrected chi connectivity index (χ4v) is 2.26. The van der Waals surface area contributed by atoms with Crippen LogP contribution in [-0.4, -0.2) is 23.2 Å². The highest BCUT2D eigenvalue weighted by Crippen LogP contribution is 2.19. The smallest absolute Gasteiger partial charge is 0.303 e. The molecule has 0 atom stereocenters. The van der Waals surface area contributed by atoms with E-state index < -0.39 is 5.97 Å². The van der Waals surface area contributed by atoms with Gasteiger partial charge in [-0.15, -0.1) is 12.4 Å². The number of nitrogens with two attached hydrogens (primary N) is 1. The fraction of sp³-hybridized carbons (Fsp3) is 0.167. The first kappa shape index (κ1) is 20.2. The molecule has 132 valence electrons. The first-order valence-electron chi connectivity index (χ1n) is 7.49. The molecule has 0 unspecified atom stereocenters. The number of carboxylic acid groups (broad SMARTS) is 1. The van der Waals surface area contributed by atoms with Gasteiger partial charge in [0.25, 0.3) is 0 Å². The van der Waals surface area contributed by atoms with E-state index in [1.165, 1.54) is 6.21 Å². The number of carboxylic acids is 1. The van der Waals surface area contributed by atoms with E-state index in [4.69, 9.17) is 10.9 Å². The van der Waals surface area contributed by atoms with Crippen LogP contribution in [0.25, 0.3) is 0 Å². The minimum Gasteiger partial charge on any atom is -0.481 e. The van der Waals surface area contributed by atoms with Crippen LogP contribution in [0.15, 0.2) is 59.7 Å². The number of anilines is 1. The first-order chi connectivity index (χ1) is 11.6. The van der Waals surface area contributed by atoms with Crippen molar-refractivity contribution in [3.63, 3.8) is 0 Å². The molecule has 1 amide bonds. The number of rotatable bonds is 7. The molecule has 7 heteroatoms. The molecule has 2 rings (SSSR count). The van der Waals surface area contributed by atoms with Crippen LogP contribution in [0, 0.1) is 0 Å². The number of hydrogen-bond acceptors (Lipinski definition) is 4. The summed E-state index contributed by atoms with van der Waals surface area (Å²) in [5, 5.41) is 12.3. The Hall–Kier alpha value is -2.86. The summed E-state index contributed by atoms with van der Waals surface area (Å²) in [6.07, 6.45) is 1.27. The van der Waals surface area contributed by atoms with Gasteiger partial charge >= 0.3 is 5.97 Å².